The number of anilines is 1. The van der Waals surface area contributed by atoms with Crippen LogP contribution in [0, 0.1) is 0 Å². The van der Waals surface area contributed by atoms with E-state index in [4.69, 9.17) is 14.2 Å². The molecule has 6 heteroatoms. The number of fused-ring (bicyclic) bond motifs is 1. The summed E-state index contributed by atoms with van der Waals surface area (Å²) in [6.07, 6.45) is 1.86. The molecule has 1 aliphatic heterocycles. The Balaban J connectivity index is 1.29. The van der Waals surface area contributed by atoms with E-state index in [0.717, 1.165) is 45.8 Å². The molecule has 0 spiro atoms. The van der Waals surface area contributed by atoms with Crippen LogP contribution in [0.4, 0.5) is 5.95 Å². The lowest BCUT2D eigenvalue weighted by Gasteiger charge is -2.10. The number of hydrogen-bond donors (Lipinski definition) is 1. The highest BCUT2D eigenvalue weighted by molar-refractivity contribution is 5.66. The zero-order chi connectivity index (χ0) is 20.3. The van der Waals surface area contributed by atoms with Gasteiger partial charge in [0.15, 0.2) is 11.5 Å². The number of nitrogens with one attached hydrogen (secondary N) is 1. The molecule has 0 radical (unpaired) electrons. The number of benzene rings is 3. The highest BCUT2D eigenvalue weighted by atomic mass is 16.7. The van der Waals surface area contributed by atoms with Gasteiger partial charge in [0, 0.05) is 19.2 Å². The van der Waals surface area contributed by atoms with Gasteiger partial charge in [-0.3, -0.25) is 0 Å². The van der Waals surface area contributed by atoms with Crippen LogP contribution in [-0.4, -0.2) is 16.3 Å². The first kappa shape index (κ1) is 18.1. The van der Waals surface area contributed by atoms with Crippen molar-refractivity contribution in [2.45, 2.75) is 6.54 Å². The fraction of sp³-hybridized carbons (Fsp3) is 0.125. The third-order valence-corrected chi connectivity index (χ3v) is 4.98. The molecule has 1 aliphatic rings. The average Bonchev–Trinajstić information content (AvgIpc) is 3.39. The lowest BCUT2D eigenvalue weighted by molar-refractivity contribution is 0.174. The summed E-state index contributed by atoms with van der Waals surface area (Å²) in [6, 6.07) is 23.7. The maximum atomic E-state index is 5.92. The zero-order valence-electron chi connectivity index (χ0n) is 16.5. The summed E-state index contributed by atoms with van der Waals surface area (Å²) in [7, 11) is 1.99. The van der Waals surface area contributed by atoms with Crippen molar-refractivity contribution < 1.29 is 14.2 Å². The minimum Gasteiger partial charge on any atom is -0.457 e. The quantitative estimate of drug-likeness (QED) is 0.482. The standard InChI is InChI=1S/C24H21N3O3/c1-27-21(18-10-11-22-23(13-18)29-16-28-22)15-26-24(27)25-14-17-6-5-9-20(12-17)30-19-7-3-2-4-8-19/h2-13,15H,14,16H2,1H3,(H,25,26). The summed E-state index contributed by atoms with van der Waals surface area (Å²) in [5, 5.41) is 3.40. The fourth-order valence-electron chi connectivity index (χ4n) is 3.42. The third-order valence-electron chi connectivity index (χ3n) is 4.98. The minimum absolute atomic E-state index is 0.268. The van der Waals surface area contributed by atoms with Gasteiger partial charge in [-0.15, -0.1) is 0 Å². The van der Waals surface area contributed by atoms with E-state index in [1.807, 2.05) is 84.5 Å². The Bertz CT molecular complexity index is 1170. The smallest absolute Gasteiger partial charge is 0.231 e. The van der Waals surface area contributed by atoms with Gasteiger partial charge in [-0.05, 0) is 48.0 Å². The second-order valence-electron chi connectivity index (χ2n) is 7.01. The van der Waals surface area contributed by atoms with Crippen molar-refractivity contribution in [2.75, 3.05) is 12.1 Å². The van der Waals surface area contributed by atoms with Crippen LogP contribution in [0.5, 0.6) is 23.0 Å². The molecule has 1 aromatic heterocycles. The molecule has 4 aromatic rings. The van der Waals surface area contributed by atoms with Crippen LogP contribution in [0.2, 0.25) is 0 Å². The second kappa shape index (κ2) is 7.83. The molecule has 0 unspecified atom stereocenters. The van der Waals surface area contributed by atoms with Gasteiger partial charge in [0.2, 0.25) is 12.7 Å². The Kier molecular flexibility index (Phi) is 4.73. The maximum Gasteiger partial charge on any atom is 0.231 e. The normalized spacial score (nSPS) is 12.0. The van der Waals surface area contributed by atoms with Crippen molar-refractivity contribution in [3.8, 4) is 34.3 Å². The Morgan fingerprint density at radius 2 is 1.77 bits per heavy atom. The van der Waals surface area contributed by atoms with Crippen LogP contribution in [0.3, 0.4) is 0 Å². The number of nitrogens with zero attached hydrogens (tertiary/aromatic N) is 2. The molecule has 30 heavy (non-hydrogen) atoms. The Hall–Kier alpha value is -3.93. The number of ether oxygens (including phenoxy) is 3. The first-order valence-electron chi connectivity index (χ1n) is 9.74. The first-order chi connectivity index (χ1) is 14.8. The number of imidazole rings is 1. The van der Waals surface area contributed by atoms with E-state index in [2.05, 4.69) is 16.4 Å². The van der Waals surface area contributed by atoms with Crippen molar-refractivity contribution in [1.82, 2.24) is 9.55 Å². The topological polar surface area (TPSA) is 57.5 Å². The van der Waals surface area contributed by atoms with Gasteiger partial charge in [0.05, 0.1) is 11.9 Å². The number of para-hydroxylation sites is 1. The monoisotopic (exact) mass is 399 g/mol. The molecule has 0 fully saturated rings. The van der Waals surface area contributed by atoms with Crippen LogP contribution >= 0.6 is 0 Å². The van der Waals surface area contributed by atoms with Gasteiger partial charge in [-0.1, -0.05) is 30.3 Å². The van der Waals surface area contributed by atoms with E-state index < -0.39 is 0 Å². The number of aromatic nitrogens is 2. The third kappa shape index (κ3) is 3.67. The van der Waals surface area contributed by atoms with E-state index in [-0.39, 0.29) is 6.79 Å². The molecule has 150 valence electrons. The van der Waals surface area contributed by atoms with Gasteiger partial charge in [0.25, 0.3) is 0 Å². The lowest BCUT2D eigenvalue weighted by Crippen LogP contribution is -2.05. The lowest BCUT2D eigenvalue weighted by atomic mass is 10.1. The predicted molar refractivity (Wildman–Crippen MR) is 115 cm³/mol. The molecule has 2 heterocycles. The van der Waals surface area contributed by atoms with Gasteiger partial charge in [-0.2, -0.15) is 0 Å². The van der Waals surface area contributed by atoms with Gasteiger partial charge in [-0.25, -0.2) is 4.98 Å². The molecule has 0 saturated heterocycles. The van der Waals surface area contributed by atoms with Crippen molar-refractivity contribution in [1.29, 1.82) is 0 Å². The molecular weight excluding hydrogens is 378 g/mol. The molecule has 6 nitrogen and oxygen atoms in total. The molecule has 0 bridgehead atoms. The first-order valence-corrected chi connectivity index (χ1v) is 9.74. The van der Waals surface area contributed by atoms with E-state index >= 15 is 0 Å². The Morgan fingerprint density at radius 1 is 0.933 bits per heavy atom. The van der Waals surface area contributed by atoms with Crippen LogP contribution in [0.1, 0.15) is 5.56 Å². The highest BCUT2D eigenvalue weighted by Crippen LogP contribution is 2.36. The molecule has 0 saturated carbocycles. The summed E-state index contributed by atoms with van der Waals surface area (Å²) in [5.74, 6) is 3.95. The van der Waals surface area contributed by atoms with Crippen LogP contribution in [0.25, 0.3) is 11.3 Å². The molecule has 0 aliphatic carbocycles. The molecule has 0 atom stereocenters. The fourth-order valence-corrected chi connectivity index (χ4v) is 3.42. The highest BCUT2D eigenvalue weighted by Gasteiger charge is 2.16. The Morgan fingerprint density at radius 3 is 2.67 bits per heavy atom. The molecule has 3 aromatic carbocycles. The summed E-state index contributed by atoms with van der Waals surface area (Å²) in [4.78, 5) is 4.54. The van der Waals surface area contributed by atoms with Crippen LogP contribution in [-0.2, 0) is 13.6 Å². The minimum atomic E-state index is 0.268. The second-order valence-corrected chi connectivity index (χ2v) is 7.01. The largest absolute Gasteiger partial charge is 0.457 e. The van der Waals surface area contributed by atoms with Gasteiger partial charge >= 0.3 is 0 Å². The van der Waals surface area contributed by atoms with E-state index in [1.165, 1.54) is 0 Å². The molecule has 5 rings (SSSR count). The van der Waals surface area contributed by atoms with Crippen LogP contribution in [0.15, 0.2) is 79.0 Å². The summed E-state index contributed by atoms with van der Waals surface area (Å²) in [6.45, 7) is 0.904. The summed E-state index contributed by atoms with van der Waals surface area (Å²) < 4.78 is 18.8. The summed E-state index contributed by atoms with van der Waals surface area (Å²) in [5.41, 5.74) is 3.13. The number of rotatable bonds is 6. The van der Waals surface area contributed by atoms with E-state index in [1.54, 1.807) is 0 Å². The SMILES string of the molecule is Cn1c(-c2ccc3c(c2)OCO3)cnc1NCc1cccc(Oc2ccccc2)c1. The number of hydrogen-bond acceptors (Lipinski definition) is 5. The zero-order valence-corrected chi connectivity index (χ0v) is 16.5. The van der Waals surface area contributed by atoms with Crippen molar-refractivity contribution in [2.24, 2.45) is 7.05 Å². The van der Waals surface area contributed by atoms with E-state index in [0.29, 0.717) is 6.54 Å². The van der Waals surface area contributed by atoms with Crippen LogP contribution < -0.4 is 19.5 Å². The predicted octanol–water partition coefficient (Wildman–Crippen LogP) is 5.22. The molecule has 1 N–H and O–H groups in total. The van der Waals surface area contributed by atoms with Crippen molar-refractivity contribution in [3.63, 3.8) is 0 Å². The van der Waals surface area contributed by atoms with E-state index in [9.17, 15) is 0 Å². The average molecular weight is 399 g/mol. The molecular formula is C24H21N3O3. The van der Waals surface area contributed by atoms with Gasteiger partial charge in [0.1, 0.15) is 11.5 Å². The van der Waals surface area contributed by atoms with Gasteiger partial charge < -0.3 is 24.1 Å². The van der Waals surface area contributed by atoms with Crippen molar-refractivity contribution >= 4 is 5.95 Å². The Labute approximate surface area is 174 Å². The maximum absolute atomic E-state index is 5.92. The molecule has 0 amide bonds. The summed E-state index contributed by atoms with van der Waals surface area (Å²) >= 11 is 0. The van der Waals surface area contributed by atoms with Crippen molar-refractivity contribution in [3.05, 3.63) is 84.6 Å².